The van der Waals surface area contributed by atoms with E-state index >= 15 is 0 Å². The summed E-state index contributed by atoms with van der Waals surface area (Å²) >= 11 is 1.38. The number of amides is 2. The van der Waals surface area contributed by atoms with Crippen molar-refractivity contribution in [1.82, 2.24) is 14.3 Å². The molecule has 1 aliphatic rings. The molecule has 1 aliphatic heterocycles. The molecule has 0 atom stereocenters. The van der Waals surface area contributed by atoms with E-state index in [0.717, 1.165) is 47.2 Å². The number of halogens is 1. The Balaban J connectivity index is 1.35. The first-order valence-electron chi connectivity index (χ1n) is 10.6. The number of aryl methyl sites for hydroxylation is 1. The molecule has 2 aromatic carbocycles. The summed E-state index contributed by atoms with van der Waals surface area (Å²) in [5.41, 5.74) is 3.00. The largest absolute Gasteiger partial charge is 0.345 e. The molecule has 1 saturated heterocycles. The second-order valence-corrected chi connectivity index (χ2v) is 8.30. The number of urea groups is 1. The highest BCUT2D eigenvalue weighted by atomic mass is 32.1. The topological polar surface area (TPSA) is 61.4 Å². The Bertz CT molecular complexity index is 1020. The fraction of sp³-hybridized carbons (Fsp3) is 0.348. The van der Waals surface area contributed by atoms with Crippen LogP contribution in [0.2, 0.25) is 0 Å². The van der Waals surface area contributed by atoms with E-state index in [1.165, 1.54) is 23.7 Å². The van der Waals surface area contributed by atoms with E-state index in [1.807, 2.05) is 29.2 Å². The van der Waals surface area contributed by atoms with E-state index in [0.29, 0.717) is 26.1 Å². The lowest BCUT2D eigenvalue weighted by Gasteiger charge is -2.22. The highest BCUT2D eigenvalue weighted by molar-refractivity contribution is 7.09. The maximum atomic E-state index is 13.1. The predicted molar refractivity (Wildman–Crippen MR) is 122 cm³/mol. The minimum Gasteiger partial charge on any atom is -0.345 e. The lowest BCUT2D eigenvalue weighted by Crippen LogP contribution is -2.38. The zero-order chi connectivity index (χ0) is 21.6. The first-order valence-corrected chi connectivity index (χ1v) is 11.4. The van der Waals surface area contributed by atoms with E-state index in [4.69, 9.17) is 0 Å². The number of aromatic nitrogens is 2. The fourth-order valence-corrected chi connectivity index (χ4v) is 4.42. The van der Waals surface area contributed by atoms with Crippen molar-refractivity contribution >= 4 is 28.4 Å². The maximum Gasteiger partial charge on any atom is 0.321 e. The molecule has 0 spiro atoms. The van der Waals surface area contributed by atoms with Gasteiger partial charge in [0.2, 0.25) is 5.13 Å². The van der Waals surface area contributed by atoms with Gasteiger partial charge in [-0.3, -0.25) is 0 Å². The molecule has 0 bridgehead atoms. The molecule has 1 fully saturated rings. The average molecular weight is 440 g/mol. The number of carbonyl (C=O) groups excluding carboxylic acids is 1. The SMILES string of the molecule is CCc1ccccc1NC(=O)N1CCCN(c2nc(Cc3ccc(F)cc3)ns2)CC1. The Morgan fingerprint density at radius 1 is 1.10 bits per heavy atom. The highest BCUT2D eigenvalue weighted by Crippen LogP contribution is 2.21. The van der Waals surface area contributed by atoms with Crippen molar-refractivity contribution in [2.75, 3.05) is 36.4 Å². The van der Waals surface area contributed by atoms with Gasteiger partial charge in [0.15, 0.2) is 0 Å². The van der Waals surface area contributed by atoms with E-state index in [-0.39, 0.29) is 11.8 Å². The molecule has 2 amide bonds. The number of rotatable bonds is 5. The molecule has 4 rings (SSSR count). The monoisotopic (exact) mass is 439 g/mol. The second kappa shape index (κ2) is 9.87. The van der Waals surface area contributed by atoms with Crippen LogP contribution in [0, 0.1) is 5.82 Å². The van der Waals surface area contributed by atoms with Crippen molar-refractivity contribution in [1.29, 1.82) is 0 Å². The predicted octanol–water partition coefficient (Wildman–Crippen LogP) is 4.57. The molecular formula is C23H26FN5OS. The summed E-state index contributed by atoms with van der Waals surface area (Å²) in [6.07, 6.45) is 2.33. The van der Waals surface area contributed by atoms with E-state index in [2.05, 4.69) is 26.5 Å². The summed E-state index contributed by atoms with van der Waals surface area (Å²) in [6, 6.07) is 14.3. The number of benzene rings is 2. The Hall–Kier alpha value is -3.00. The third-order valence-corrected chi connectivity index (χ3v) is 6.24. The van der Waals surface area contributed by atoms with E-state index in [1.54, 1.807) is 12.1 Å². The minimum atomic E-state index is -0.244. The number of para-hydroxylation sites is 1. The van der Waals surface area contributed by atoms with Gasteiger partial charge in [0.05, 0.1) is 0 Å². The normalized spacial score (nSPS) is 14.4. The molecule has 31 heavy (non-hydrogen) atoms. The van der Waals surface area contributed by atoms with Crippen LogP contribution in [0.4, 0.5) is 20.0 Å². The molecule has 3 aromatic rings. The molecule has 0 saturated carbocycles. The highest BCUT2D eigenvalue weighted by Gasteiger charge is 2.22. The van der Waals surface area contributed by atoms with Gasteiger partial charge in [0.1, 0.15) is 11.6 Å². The number of nitrogens with one attached hydrogen (secondary N) is 1. The van der Waals surface area contributed by atoms with Crippen molar-refractivity contribution < 1.29 is 9.18 Å². The molecule has 2 heterocycles. The van der Waals surface area contributed by atoms with Gasteiger partial charge in [-0.25, -0.2) is 14.2 Å². The van der Waals surface area contributed by atoms with Gasteiger partial charge in [-0.1, -0.05) is 37.3 Å². The quantitative estimate of drug-likeness (QED) is 0.632. The van der Waals surface area contributed by atoms with Gasteiger partial charge in [-0.2, -0.15) is 4.37 Å². The van der Waals surface area contributed by atoms with Gasteiger partial charge in [0, 0.05) is 49.8 Å². The summed E-state index contributed by atoms with van der Waals surface area (Å²) in [5, 5.41) is 3.94. The fourth-order valence-electron chi connectivity index (χ4n) is 3.69. The second-order valence-electron chi connectivity index (χ2n) is 7.56. The van der Waals surface area contributed by atoms with Crippen molar-refractivity contribution in [3.8, 4) is 0 Å². The van der Waals surface area contributed by atoms with Crippen LogP contribution in [-0.2, 0) is 12.8 Å². The van der Waals surface area contributed by atoms with Gasteiger partial charge in [0.25, 0.3) is 0 Å². The molecule has 1 aromatic heterocycles. The van der Waals surface area contributed by atoms with E-state index in [9.17, 15) is 9.18 Å². The molecule has 162 valence electrons. The van der Waals surface area contributed by atoms with Gasteiger partial charge in [-0.15, -0.1) is 0 Å². The zero-order valence-electron chi connectivity index (χ0n) is 17.6. The number of hydrogen-bond donors (Lipinski definition) is 1. The molecular weight excluding hydrogens is 413 g/mol. The zero-order valence-corrected chi connectivity index (χ0v) is 18.4. The Morgan fingerprint density at radius 3 is 2.71 bits per heavy atom. The van der Waals surface area contributed by atoms with Crippen LogP contribution in [0.5, 0.6) is 0 Å². The minimum absolute atomic E-state index is 0.0583. The summed E-state index contributed by atoms with van der Waals surface area (Å²) in [7, 11) is 0. The number of hydrogen-bond acceptors (Lipinski definition) is 5. The summed E-state index contributed by atoms with van der Waals surface area (Å²) in [4.78, 5) is 21.5. The molecule has 0 aliphatic carbocycles. The van der Waals surface area contributed by atoms with Crippen molar-refractivity contribution in [3.05, 3.63) is 71.3 Å². The molecule has 0 radical (unpaired) electrons. The summed E-state index contributed by atoms with van der Waals surface area (Å²) < 4.78 is 17.6. The molecule has 1 N–H and O–H groups in total. The van der Waals surface area contributed by atoms with Gasteiger partial charge in [-0.05, 0) is 42.2 Å². The molecule has 6 nitrogen and oxygen atoms in total. The van der Waals surface area contributed by atoms with Crippen LogP contribution in [0.25, 0.3) is 0 Å². The summed E-state index contributed by atoms with van der Waals surface area (Å²) in [5.74, 6) is 0.494. The lowest BCUT2D eigenvalue weighted by atomic mass is 10.1. The van der Waals surface area contributed by atoms with Crippen molar-refractivity contribution in [2.45, 2.75) is 26.2 Å². The van der Waals surface area contributed by atoms with Crippen LogP contribution in [0.1, 0.15) is 30.3 Å². The smallest absolute Gasteiger partial charge is 0.321 e. The van der Waals surface area contributed by atoms with Gasteiger partial charge < -0.3 is 15.1 Å². The molecule has 8 heteroatoms. The average Bonchev–Trinajstić information content (AvgIpc) is 3.10. The molecule has 0 unspecified atom stereocenters. The Morgan fingerprint density at radius 2 is 1.90 bits per heavy atom. The van der Waals surface area contributed by atoms with Crippen LogP contribution >= 0.6 is 11.5 Å². The van der Waals surface area contributed by atoms with Crippen LogP contribution < -0.4 is 10.2 Å². The Kier molecular flexibility index (Phi) is 6.76. The first kappa shape index (κ1) is 21.2. The van der Waals surface area contributed by atoms with Crippen LogP contribution in [0.3, 0.4) is 0 Å². The lowest BCUT2D eigenvalue weighted by molar-refractivity contribution is 0.215. The number of nitrogens with zero attached hydrogens (tertiary/aromatic N) is 4. The third-order valence-electron chi connectivity index (χ3n) is 5.43. The Labute approximate surface area is 185 Å². The van der Waals surface area contributed by atoms with Gasteiger partial charge >= 0.3 is 6.03 Å². The third kappa shape index (κ3) is 5.38. The van der Waals surface area contributed by atoms with Crippen molar-refractivity contribution in [2.24, 2.45) is 0 Å². The van der Waals surface area contributed by atoms with E-state index < -0.39 is 0 Å². The van der Waals surface area contributed by atoms with Crippen LogP contribution in [-0.4, -0.2) is 46.5 Å². The summed E-state index contributed by atoms with van der Waals surface area (Å²) in [6.45, 7) is 4.97. The maximum absolute atomic E-state index is 13.1. The first-order chi connectivity index (χ1) is 15.1. The number of anilines is 2. The van der Waals surface area contributed by atoms with Crippen LogP contribution in [0.15, 0.2) is 48.5 Å². The van der Waals surface area contributed by atoms with Crippen molar-refractivity contribution in [3.63, 3.8) is 0 Å². The number of carbonyl (C=O) groups is 1. The standard InChI is InChI=1S/C23H26FN5OS/c1-2-18-6-3-4-7-20(18)25-22(30)28-12-5-13-29(15-14-28)23-26-21(27-31-23)16-17-8-10-19(24)11-9-17/h3-4,6-11H,2,5,12-16H2,1H3,(H,25,30).